The molecular weight excluding hydrogens is 450 g/mol. The van der Waals surface area contributed by atoms with Crippen LogP contribution in [0.1, 0.15) is 52.9 Å². The highest BCUT2D eigenvalue weighted by Crippen LogP contribution is 2.26. The Morgan fingerprint density at radius 2 is 1.75 bits per heavy atom. The van der Waals surface area contributed by atoms with E-state index in [9.17, 15) is 18.0 Å². The standard InChI is InChI=1S/C22H29N3O5S2/c1-6-30-21(27)19-16(4)24(5)22(31-19)23-20(26)17-7-9-18(10-8-17)32(28,29)25-12-14(2)11-15(3)13-25/h7-10,14-15H,6,11-13H2,1-5H3. The second-order valence-electron chi connectivity index (χ2n) is 8.29. The molecule has 1 aromatic heterocycles. The molecule has 1 aliphatic heterocycles. The zero-order valence-electron chi connectivity index (χ0n) is 19.0. The molecule has 1 amide bonds. The Labute approximate surface area is 192 Å². The van der Waals surface area contributed by atoms with Crippen LogP contribution in [0.15, 0.2) is 34.2 Å². The Kier molecular flexibility index (Phi) is 7.36. The molecule has 174 valence electrons. The highest BCUT2D eigenvalue weighted by Gasteiger charge is 2.31. The van der Waals surface area contributed by atoms with Gasteiger partial charge in [-0.1, -0.05) is 25.2 Å². The molecule has 0 N–H and O–H groups in total. The number of esters is 1. The van der Waals surface area contributed by atoms with Gasteiger partial charge in [-0.25, -0.2) is 13.2 Å². The minimum atomic E-state index is -3.62. The fourth-order valence-corrected chi connectivity index (χ4v) is 6.58. The van der Waals surface area contributed by atoms with Crippen LogP contribution in [-0.2, 0) is 21.8 Å². The molecule has 0 radical (unpaired) electrons. The second kappa shape index (κ2) is 9.68. The van der Waals surface area contributed by atoms with Crippen molar-refractivity contribution in [1.82, 2.24) is 8.87 Å². The topological polar surface area (TPSA) is 98.0 Å². The van der Waals surface area contributed by atoms with Gasteiger partial charge in [-0.2, -0.15) is 9.30 Å². The van der Waals surface area contributed by atoms with Crippen LogP contribution >= 0.6 is 11.3 Å². The van der Waals surface area contributed by atoms with Crippen molar-refractivity contribution in [3.63, 3.8) is 0 Å². The maximum Gasteiger partial charge on any atom is 0.350 e. The molecule has 2 aromatic rings. The minimum absolute atomic E-state index is 0.164. The molecule has 0 aliphatic carbocycles. The van der Waals surface area contributed by atoms with Gasteiger partial charge in [-0.05, 0) is 56.4 Å². The quantitative estimate of drug-likeness (QED) is 0.614. The molecule has 0 spiro atoms. The summed E-state index contributed by atoms with van der Waals surface area (Å²) in [6, 6.07) is 5.85. The Balaban J connectivity index is 1.84. The Morgan fingerprint density at radius 1 is 1.16 bits per heavy atom. The van der Waals surface area contributed by atoms with Crippen molar-refractivity contribution in [2.24, 2.45) is 23.9 Å². The summed E-state index contributed by atoms with van der Waals surface area (Å²) < 4.78 is 34.3. The molecular formula is C22H29N3O5S2. The second-order valence-corrected chi connectivity index (χ2v) is 11.2. The molecule has 2 heterocycles. The van der Waals surface area contributed by atoms with Crippen LogP contribution in [0.5, 0.6) is 0 Å². The van der Waals surface area contributed by atoms with E-state index in [-0.39, 0.29) is 17.1 Å². The maximum absolute atomic E-state index is 13.0. The molecule has 1 aliphatic rings. The van der Waals surface area contributed by atoms with Gasteiger partial charge in [0.15, 0.2) is 4.80 Å². The number of thiazole rings is 1. The number of hydrogen-bond donors (Lipinski definition) is 0. The molecule has 1 fully saturated rings. The average molecular weight is 480 g/mol. The van der Waals surface area contributed by atoms with E-state index in [1.165, 1.54) is 28.6 Å². The van der Waals surface area contributed by atoms with Crippen molar-refractivity contribution in [3.05, 3.63) is 45.2 Å². The van der Waals surface area contributed by atoms with Gasteiger partial charge in [-0.15, -0.1) is 0 Å². The van der Waals surface area contributed by atoms with E-state index in [0.29, 0.717) is 40.3 Å². The first kappa shape index (κ1) is 24.3. The predicted molar refractivity (Wildman–Crippen MR) is 122 cm³/mol. The highest BCUT2D eigenvalue weighted by molar-refractivity contribution is 7.89. The summed E-state index contributed by atoms with van der Waals surface area (Å²) in [6.07, 6.45) is 1.01. The number of hydrogen-bond acceptors (Lipinski definition) is 6. The minimum Gasteiger partial charge on any atom is -0.462 e. The number of amides is 1. The molecule has 1 saturated heterocycles. The lowest BCUT2D eigenvalue weighted by Gasteiger charge is -2.34. The van der Waals surface area contributed by atoms with Crippen LogP contribution in [0.25, 0.3) is 0 Å². The van der Waals surface area contributed by atoms with E-state index in [1.807, 2.05) is 0 Å². The van der Waals surface area contributed by atoms with Gasteiger partial charge in [0.25, 0.3) is 5.91 Å². The summed E-state index contributed by atoms with van der Waals surface area (Å²) in [4.78, 5) is 29.8. The number of sulfonamides is 1. The van der Waals surface area contributed by atoms with Gasteiger partial charge in [0.1, 0.15) is 4.88 Å². The van der Waals surface area contributed by atoms with Crippen molar-refractivity contribution in [2.45, 2.75) is 39.0 Å². The zero-order chi connectivity index (χ0) is 23.6. The number of carbonyl (C=O) groups is 2. The normalized spacial score (nSPS) is 20.3. The summed E-state index contributed by atoms with van der Waals surface area (Å²) in [5, 5.41) is 0. The van der Waals surface area contributed by atoms with Crippen molar-refractivity contribution in [3.8, 4) is 0 Å². The number of piperidine rings is 1. The van der Waals surface area contributed by atoms with Gasteiger partial charge >= 0.3 is 5.97 Å². The molecule has 3 rings (SSSR count). The van der Waals surface area contributed by atoms with E-state index in [2.05, 4.69) is 18.8 Å². The van der Waals surface area contributed by atoms with Gasteiger partial charge < -0.3 is 9.30 Å². The summed E-state index contributed by atoms with van der Waals surface area (Å²) in [7, 11) is -1.90. The van der Waals surface area contributed by atoms with Crippen molar-refractivity contribution in [1.29, 1.82) is 0 Å². The van der Waals surface area contributed by atoms with Crippen LogP contribution in [0.2, 0.25) is 0 Å². The van der Waals surface area contributed by atoms with Crippen molar-refractivity contribution >= 4 is 33.2 Å². The summed E-state index contributed by atoms with van der Waals surface area (Å²) in [5.41, 5.74) is 0.930. The highest BCUT2D eigenvalue weighted by atomic mass is 32.2. The lowest BCUT2D eigenvalue weighted by Crippen LogP contribution is -2.42. The van der Waals surface area contributed by atoms with Crippen LogP contribution in [0, 0.1) is 18.8 Å². The maximum atomic E-state index is 13.0. The van der Waals surface area contributed by atoms with Crippen LogP contribution in [-0.4, -0.2) is 48.9 Å². The number of benzene rings is 1. The molecule has 10 heteroatoms. The smallest absolute Gasteiger partial charge is 0.350 e. The average Bonchev–Trinajstić information content (AvgIpc) is 3.02. The van der Waals surface area contributed by atoms with Crippen LogP contribution in [0.3, 0.4) is 0 Å². The van der Waals surface area contributed by atoms with Gasteiger partial charge in [-0.3, -0.25) is 4.79 Å². The fourth-order valence-electron chi connectivity index (χ4n) is 3.89. The third-order valence-electron chi connectivity index (χ3n) is 5.54. The van der Waals surface area contributed by atoms with E-state index < -0.39 is 21.9 Å². The van der Waals surface area contributed by atoms with E-state index in [1.54, 1.807) is 25.5 Å². The predicted octanol–water partition coefficient (Wildman–Crippen LogP) is 2.98. The molecule has 2 atom stereocenters. The zero-order valence-corrected chi connectivity index (χ0v) is 20.6. The van der Waals surface area contributed by atoms with Gasteiger partial charge in [0, 0.05) is 31.4 Å². The number of ether oxygens (including phenoxy) is 1. The van der Waals surface area contributed by atoms with Crippen LogP contribution in [0.4, 0.5) is 0 Å². The molecule has 2 unspecified atom stereocenters. The van der Waals surface area contributed by atoms with Gasteiger partial charge in [0.05, 0.1) is 11.5 Å². The lowest BCUT2D eigenvalue weighted by molar-refractivity contribution is 0.0530. The monoisotopic (exact) mass is 479 g/mol. The molecule has 32 heavy (non-hydrogen) atoms. The number of aromatic nitrogens is 1. The molecule has 0 bridgehead atoms. The lowest BCUT2D eigenvalue weighted by atomic mass is 9.94. The fraction of sp³-hybridized carbons (Fsp3) is 0.500. The first-order chi connectivity index (χ1) is 15.0. The number of carbonyl (C=O) groups excluding carboxylic acids is 2. The molecule has 8 nitrogen and oxygen atoms in total. The van der Waals surface area contributed by atoms with Crippen LogP contribution < -0.4 is 4.80 Å². The largest absolute Gasteiger partial charge is 0.462 e. The number of nitrogens with zero attached hydrogens (tertiary/aromatic N) is 3. The Morgan fingerprint density at radius 3 is 2.31 bits per heavy atom. The summed E-state index contributed by atoms with van der Waals surface area (Å²) in [6.45, 7) is 8.86. The van der Waals surface area contributed by atoms with E-state index >= 15 is 0 Å². The summed E-state index contributed by atoms with van der Waals surface area (Å²) >= 11 is 1.08. The Hall–Kier alpha value is -2.30. The third-order valence-corrected chi connectivity index (χ3v) is 8.60. The van der Waals surface area contributed by atoms with Crippen molar-refractivity contribution in [2.75, 3.05) is 19.7 Å². The SMILES string of the molecule is CCOC(=O)c1sc(=NC(=O)c2ccc(S(=O)(=O)N3CC(C)CC(C)C3)cc2)n(C)c1C. The van der Waals surface area contributed by atoms with E-state index in [0.717, 1.165) is 17.8 Å². The summed E-state index contributed by atoms with van der Waals surface area (Å²) in [5.74, 6) is -0.345. The third kappa shape index (κ3) is 5.02. The van der Waals surface area contributed by atoms with E-state index in [4.69, 9.17) is 4.74 Å². The first-order valence-electron chi connectivity index (χ1n) is 10.6. The molecule has 1 aromatic carbocycles. The first-order valence-corrected chi connectivity index (χ1v) is 12.8. The number of rotatable bonds is 5. The Bertz CT molecular complexity index is 1170. The molecule has 0 saturated carbocycles. The van der Waals surface area contributed by atoms with Gasteiger partial charge in [0.2, 0.25) is 10.0 Å². The van der Waals surface area contributed by atoms with Crippen molar-refractivity contribution < 1.29 is 22.7 Å².